The number of nitrogens with one attached hydrogen (secondary N) is 3. The molecule has 0 aliphatic carbocycles. The first-order chi connectivity index (χ1) is 15.4. The van der Waals surface area contributed by atoms with Crippen LogP contribution in [-0.4, -0.2) is 32.3 Å². The van der Waals surface area contributed by atoms with Crippen LogP contribution >= 0.6 is 0 Å². The van der Waals surface area contributed by atoms with Crippen molar-refractivity contribution in [3.8, 4) is 5.75 Å². The fourth-order valence-electron chi connectivity index (χ4n) is 2.66. The maximum atomic E-state index is 12.3. The van der Waals surface area contributed by atoms with Crippen molar-refractivity contribution in [2.75, 3.05) is 17.3 Å². The van der Waals surface area contributed by atoms with E-state index in [-0.39, 0.29) is 22.9 Å². The molecule has 0 aliphatic rings. The van der Waals surface area contributed by atoms with Crippen LogP contribution in [0.4, 0.5) is 28.7 Å². The molecule has 0 fully saturated rings. The van der Waals surface area contributed by atoms with Gasteiger partial charge in [-0.05, 0) is 25.1 Å². The van der Waals surface area contributed by atoms with E-state index in [1.54, 1.807) is 31.2 Å². The lowest BCUT2D eigenvalue weighted by atomic mass is 10.2. The highest BCUT2D eigenvalue weighted by molar-refractivity contribution is 5.95. The summed E-state index contributed by atoms with van der Waals surface area (Å²) in [4.78, 5) is 41.3. The lowest BCUT2D eigenvalue weighted by Crippen LogP contribution is -2.30. The molecule has 0 radical (unpaired) electrons. The zero-order chi connectivity index (χ0) is 23.1. The number of aromatic nitrogens is 2. The quantitative estimate of drug-likeness (QED) is 0.332. The van der Waals surface area contributed by atoms with Crippen LogP contribution in [0.25, 0.3) is 0 Å². The van der Waals surface area contributed by atoms with Gasteiger partial charge in [-0.3, -0.25) is 35.9 Å². The summed E-state index contributed by atoms with van der Waals surface area (Å²) in [6.45, 7) is 2.19. The molecule has 1 heterocycles. The number of carbonyl (C=O) groups is 1. The molecule has 1 aromatic heterocycles. The van der Waals surface area contributed by atoms with Gasteiger partial charge in [-0.1, -0.05) is 18.2 Å². The maximum absolute atomic E-state index is 12.3. The first-order valence-corrected chi connectivity index (χ1v) is 9.19. The second-order valence-electron chi connectivity index (χ2n) is 6.12. The number of benzene rings is 2. The fourth-order valence-corrected chi connectivity index (χ4v) is 2.66. The molecule has 13 heteroatoms. The van der Waals surface area contributed by atoms with Gasteiger partial charge in [0.1, 0.15) is 12.1 Å². The Morgan fingerprint density at radius 3 is 2.50 bits per heavy atom. The second-order valence-corrected chi connectivity index (χ2v) is 6.12. The lowest BCUT2D eigenvalue weighted by Gasteiger charge is -2.13. The van der Waals surface area contributed by atoms with E-state index in [9.17, 15) is 25.0 Å². The zero-order valence-electron chi connectivity index (χ0n) is 16.6. The van der Waals surface area contributed by atoms with E-state index >= 15 is 0 Å². The number of ether oxygens (including phenoxy) is 1. The first kappa shape index (κ1) is 21.9. The van der Waals surface area contributed by atoms with E-state index in [0.29, 0.717) is 18.0 Å². The van der Waals surface area contributed by atoms with E-state index in [1.165, 1.54) is 18.2 Å². The third-order valence-corrected chi connectivity index (χ3v) is 4.06. The van der Waals surface area contributed by atoms with Gasteiger partial charge >= 0.3 is 5.69 Å². The Balaban J connectivity index is 1.84. The monoisotopic (exact) mass is 439 g/mol. The number of rotatable bonds is 9. The highest BCUT2D eigenvalue weighted by Crippen LogP contribution is 2.34. The minimum atomic E-state index is -0.752. The highest BCUT2D eigenvalue weighted by atomic mass is 16.6. The third kappa shape index (κ3) is 5.02. The normalized spacial score (nSPS) is 10.2. The molecule has 3 aromatic rings. The molecule has 0 atom stereocenters. The Bertz CT molecular complexity index is 1170. The van der Waals surface area contributed by atoms with Crippen LogP contribution in [-0.2, 0) is 0 Å². The van der Waals surface area contributed by atoms with Crippen molar-refractivity contribution in [1.29, 1.82) is 0 Å². The SMILES string of the molecule is CCOc1ccccc1Nc1ncnc(NNC(=O)c2cccc([N+](=O)[O-])c2)c1[N+](=O)[O-]. The topological polar surface area (TPSA) is 174 Å². The number of hydrogen-bond donors (Lipinski definition) is 3. The number of nitrogens with zero attached hydrogens (tertiary/aromatic N) is 4. The number of amides is 1. The number of para-hydroxylation sites is 2. The van der Waals surface area contributed by atoms with Gasteiger partial charge in [-0.15, -0.1) is 0 Å². The molecular formula is C19H17N7O6. The number of anilines is 3. The van der Waals surface area contributed by atoms with Gasteiger partial charge in [0.25, 0.3) is 11.6 Å². The largest absolute Gasteiger partial charge is 0.492 e. The molecule has 0 unspecified atom stereocenters. The van der Waals surface area contributed by atoms with Crippen LogP contribution in [0.2, 0.25) is 0 Å². The second kappa shape index (κ2) is 9.80. The molecule has 0 saturated carbocycles. The summed E-state index contributed by atoms with van der Waals surface area (Å²) in [5.74, 6) is -0.710. The summed E-state index contributed by atoms with van der Waals surface area (Å²) < 4.78 is 5.50. The number of hydrazine groups is 1. The van der Waals surface area contributed by atoms with Gasteiger partial charge in [0.05, 0.1) is 22.1 Å². The van der Waals surface area contributed by atoms with Crippen molar-refractivity contribution >= 4 is 34.6 Å². The number of nitro groups is 2. The predicted octanol–water partition coefficient (Wildman–Crippen LogP) is 3.19. The first-order valence-electron chi connectivity index (χ1n) is 9.19. The molecule has 13 nitrogen and oxygen atoms in total. The molecule has 0 saturated heterocycles. The Kier molecular flexibility index (Phi) is 6.70. The molecule has 0 bridgehead atoms. The van der Waals surface area contributed by atoms with E-state index in [2.05, 4.69) is 26.1 Å². The van der Waals surface area contributed by atoms with E-state index in [4.69, 9.17) is 4.74 Å². The summed E-state index contributed by atoms with van der Waals surface area (Å²) in [6.07, 6.45) is 1.07. The molecule has 2 aromatic carbocycles. The molecule has 3 rings (SSSR count). The van der Waals surface area contributed by atoms with E-state index in [1.807, 2.05) is 0 Å². The summed E-state index contributed by atoms with van der Waals surface area (Å²) in [6, 6.07) is 11.8. The smallest absolute Gasteiger partial charge is 0.355 e. The van der Waals surface area contributed by atoms with E-state index in [0.717, 1.165) is 12.4 Å². The lowest BCUT2D eigenvalue weighted by molar-refractivity contribution is -0.384. The van der Waals surface area contributed by atoms with Crippen LogP contribution in [0, 0.1) is 20.2 Å². The van der Waals surface area contributed by atoms with Crippen molar-refractivity contribution in [3.63, 3.8) is 0 Å². The summed E-state index contributed by atoms with van der Waals surface area (Å²) in [5.41, 5.74) is 4.24. The van der Waals surface area contributed by atoms with Crippen molar-refractivity contribution in [2.45, 2.75) is 6.92 Å². The van der Waals surface area contributed by atoms with Crippen molar-refractivity contribution in [1.82, 2.24) is 15.4 Å². The Morgan fingerprint density at radius 1 is 1.03 bits per heavy atom. The number of non-ortho nitro benzene ring substituents is 1. The van der Waals surface area contributed by atoms with E-state index < -0.39 is 21.4 Å². The van der Waals surface area contributed by atoms with Gasteiger partial charge in [0.2, 0.25) is 11.6 Å². The van der Waals surface area contributed by atoms with Crippen molar-refractivity contribution in [3.05, 3.63) is 80.7 Å². The van der Waals surface area contributed by atoms with Crippen molar-refractivity contribution < 1.29 is 19.4 Å². The standard InChI is InChI=1S/C19H17N7O6/c1-2-32-15-9-4-3-8-14(15)22-17-16(26(30)31)18(21-11-20-17)23-24-19(27)12-6-5-7-13(10-12)25(28)29/h3-11H,2H2,1H3,(H,24,27)(H2,20,21,22,23). The molecule has 0 spiro atoms. The Labute approximate surface area is 180 Å². The summed E-state index contributed by atoms with van der Waals surface area (Å²) in [7, 11) is 0. The van der Waals surface area contributed by atoms with Gasteiger partial charge in [0.15, 0.2) is 0 Å². The third-order valence-electron chi connectivity index (χ3n) is 4.06. The Morgan fingerprint density at radius 2 is 1.78 bits per heavy atom. The van der Waals surface area contributed by atoms with Gasteiger partial charge < -0.3 is 10.1 Å². The average molecular weight is 439 g/mol. The minimum absolute atomic E-state index is 0.0209. The maximum Gasteiger partial charge on any atom is 0.355 e. The van der Waals surface area contributed by atoms with Crippen LogP contribution in [0.1, 0.15) is 17.3 Å². The molecule has 164 valence electrons. The molecular weight excluding hydrogens is 422 g/mol. The molecule has 3 N–H and O–H groups in total. The molecule has 0 aliphatic heterocycles. The Hall–Kier alpha value is -4.81. The molecule has 1 amide bonds. The van der Waals surface area contributed by atoms with Crippen molar-refractivity contribution in [2.24, 2.45) is 0 Å². The molecule has 32 heavy (non-hydrogen) atoms. The summed E-state index contributed by atoms with van der Waals surface area (Å²) in [5, 5.41) is 25.4. The summed E-state index contributed by atoms with van der Waals surface area (Å²) >= 11 is 0. The van der Waals surface area contributed by atoms with Gasteiger partial charge in [0, 0.05) is 17.7 Å². The van der Waals surface area contributed by atoms with Crippen LogP contribution in [0.3, 0.4) is 0 Å². The van der Waals surface area contributed by atoms with Gasteiger partial charge in [-0.2, -0.15) is 0 Å². The van der Waals surface area contributed by atoms with Crippen LogP contribution in [0.5, 0.6) is 5.75 Å². The number of nitro benzene ring substituents is 1. The number of hydrogen-bond acceptors (Lipinski definition) is 10. The zero-order valence-corrected chi connectivity index (χ0v) is 16.6. The van der Waals surface area contributed by atoms with Crippen LogP contribution in [0.15, 0.2) is 54.9 Å². The average Bonchev–Trinajstić information content (AvgIpc) is 2.78. The highest BCUT2D eigenvalue weighted by Gasteiger charge is 2.24. The predicted molar refractivity (Wildman–Crippen MR) is 114 cm³/mol. The number of carbonyl (C=O) groups excluding carboxylic acids is 1. The van der Waals surface area contributed by atoms with Gasteiger partial charge in [-0.25, -0.2) is 9.97 Å². The fraction of sp³-hybridized carbons (Fsp3) is 0.105. The van der Waals surface area contributed by atoms with Crippen LogP contribution < -0.4 is 20.9 Å². The minimum Gasteiger partial charge on any atom is -0.492 e.